The number of hydrogen-bond acceptors (Lipinski definition) is 3. The van der Waals surface area contributed by atoms with Gasteiger partial charge in [0.05, 0.1) is 0 Å². The van der Waals surface area contributed by atoms with Gasteiger partial charge < -0.3 is 15.2 Å². The lowest BCUT2D eigenvalue weighted by atomic mass is 9.98. The summed E-state index contributed by atoms with van der Waals surface area (Å²) in [6.45, 7) is 8.37. The topological polar surface area (TPSA) is 41.5 Å². The molecular weight excluding hydrogens is 262 g/mol. The van der Waals surface area contributed by atoms with E-state index in [1.807, 2.05) is 32.0 Å². The quantitative estimate of drug-likeness (QED) is 0.811. The number of aliphatic hydroxyl groups excluding tert-OH is 1. The van der Waals surface area contributed by atoms with Crippen molar-refractivity contribution in [2.45, 2.75) is 46.1 Å². The summed E-state index contributed by atoms with van der Waals surface area (Å²) in [7, 11) is 0. The first-order valence-corrected chi connectivity index (χ1v) is 8.15. The van der Waals surface area contributed by atoms with Gasteiger partial charge in [-0.15, -0.1) is 0 Å². The first-order chi connectivity index (χ1) is 10.1. The molecular formula is C18H29NO2. The van der Waals surface area contributed by atoms with E-state index in [2.05, 4.69) is 12.2 Å². The molecule has 1 fully saturated rings. The highest BCUT2D eigenvalue weighted by Crippen LogP contribution is 2.30. The van der Waals surface area contributed by atoms with E-state index < -0.39 is 6.10 Å². The van der Waals surface area contributed by atoms with Crippen LogP contribution in [-0.2, 0) is 0 Å². The normalized spacial score (nSPS) is 23.2. The van der Waals surface area contributed by atoms with E-state index >= 15 is 0 Å². The van der Waals surface area contributed by atoms with Gasteiger partial charge in [-0.25, -0.2) is 0 Å². The summed E-state index contributed by atoms with van der Waals surface area (Å²) in [5.74, 6) is 2.50. The average Bonchev–Trinajstić information content (AvgIpc) is 2.84. The van der Waals surface area contributed by atoms with Crippen molar-refractivity contribution in [1.82, 2.24) is 5.32 Å². The van der Waals surface area contributed by atoms with Crippen molar-refractivity contribution < 1.29 is 9.84 Å². The van der Waals surface area contributed by atoms with Gasteiger partial charge in [-0.2, -0.15) is 0 Å². The number of aryl methyl sites for hydroxylation is 2. The van der Waals surface area contributed by atoms with Crippen molar-refractivity contribution in [3.63, 3.8) is 0 Å². The molecule has 1 aliphatic rings. The molecule has 0 heterocycles. The van der Waals surface area contributed by atoms with Gasteiger partial charge in [0.25, 0.3) is 0 Å². The van der Waals surface area contributed by atoms with E-state index in [-0.39, 0.29) is 0 Å². The van der Waals surface area contributed by atoms with Crippen molar-refractivity contribution in [3.8, 4) is 5.75 Å². The summed E-state index contributed by atoms with van der Waals surface area (Å²) in [6, 6.07) is 6.10. The van der Waals surface area contributed by atoms with Crippen LogP contribution in [0.5, 0.6) is 5.75 Å². The molecule has 118 valence electrons. The van der Waals surface area contributed by atoms with Crippen LogP contribution in [0.3, 0.4) is 0 Å². The van der Waals surface area contributed by atoms with Crippen molar-refractivity contribution in [1.29, 1.82) is 0 Å². The molecule has 2 rings (SSSR count). The number of benzene rings is 1. The predicted octanol–water partition coefficient (Wildman–Crippen LogP) is 3.07. The molecule has 21 heavy (non-hydrogen) atoms. The molecule has 0 bridgehead atoms. The van der Waals surface area contributed by atoms with Gasteiger partial charge in [0.1, 0.15) is 18.5 Å². The fourth-order valence-corrected chi connectivity index (χ4v) is 3.23. The second-order valence-electron chi connectivity index (χ2n) is 6.51. The van der Waals surface area contributed by atoms with E-state index in [0.29, 0.717) is 13.2 Å². The summed E-state index contributed by atoms with van der Waals surface area (Å²) in [5, 5.41) is 13.4. The average molecular weight is 291 g/mol. The minimum Gasteiger partial charge on any atom is -0.490 e. The number of para-hydroxylation sites is 1. The van der Waals surface area contributed by atoms with Crippen LogP contribution < -0.4 is 10.1 Å². The Balaban J connectivity index is 1.69. The maximum Gasteiger partial charge on any atom is 0.125 e. The lowest BCUT2D eigenvalue weighted by molar-refractivity contribution is 0.104. The largest absolute Gasteiger partial charge is 0.490 e. The van der Waals surface area contributed by atoms with Crippen LogP contribution in [0.15, 0.2) is 18.2 Å². The molecule has 0 amide bonds. The molecule has 0 aromatic heterocycles. The number of hydrogen-bond donors (Lipinski definition) is 2. The molecule has 3 nitrogen and oxygen atoms in total. The van der Waals surface area contributed by atoms with Gasteiger partial charge in [-0.05, 0) is 49.8 Å². The Morgan fingerprint density at radius 2 is 2.00 bits per heavy atom. The molecule has 1 saturated carbocycles. The van der Waals surface area contributed by atoms with Gasteiger partial charge in [0.2, 0.25) is 0 Å². The SMILES string of the molecule is Cc1cccc(C)c1OCC(O)CNCC1CCCC1C. The highest BCUT2D eigenvalue weighted by Gasteiger charge is 2.22. The van der Waals surface area contributed by atoms with Crippen molar-refractivity contribution >= 4 is 0 Å². The number of nitrogens with one attached hydrogen (secondary N) is 1. The first-order valence-electron chi connectivity index (χ1n) is 8.15. The Morgan fingerprint density at radius 3 is 2.62 bits per heavy atom. The Labute approximate surface area is 128 Å². The fraction of sp³-hybridized carbons (Fsp3) is 0.667. The van der Waals surface area contributed by atoms with Gasteiger partial charge in [-0.1, -0.05) is 38.0 Å². The standard InChI is InChI=1S/C18H29NO2/c1-13-6-5-9-16(13)10-19-11-17(20)12-21-18-14(2)7-4-8-15(18)3/h4,7-8,13,16-17,19-20H,5-6,9-12H2,1-3H3. The van der Waals surface area contributed by atoms with Crippen LogP contribution in [0.25, 0.3) is 0 Å². The van der Waals surface area contributed by atoms with E-state index in [1.165, 1.54) is 19.3 Å². The molecule has 0 spiro atoms. The number of aliphatic hydroxyl groups is 1. The Morgan fingerprint density at radius 1 is 1.29 bits per heavy atom. The van der Waals surface area contributed by atoms with Crippen molar-refractivity contribution in [3.05, 3.63) is 29.3 Å². The molecule has 3 atom stereocenters. The third-order valence-electron chi connectivity index (χ3n) is 4.65. The van der Waals surface area contributed by atoms with Gasteiger partial charge in [0, 0.05) is 6.54 Å². The predicted molar refractivity (Wildman–Crippen MR) is 86.8 cm³/mol. The zero-order valence-corrected chi connectivity index (χ0v) is 13.6. The maximum absolute atomic E-state index is 10.0. The molecule has 0 saturated heterocycles. The fourth-order valence-electron chi connectivity index (χ4n) is 3.23. The van der Waals surface area contributed by atoms with Crippen molar-refractivity contribution in [2.75, 3.05) is 19.7 Å². The molecule has 0 radical (unpaired) electrons. The Kier molecular flexibility index (Phi) is 6.07. The van der Waals surface area contributed by atoms with Gasteiger partial charge in [0.15, 0.2) is 0 Å². The van der Waals surface area contributed by atoms with E-state index in [1.54, 1.807) is 0 Å². The van der Waals surface area contributed by atoms with E-state index in [0.717, 1.165) is 35.3 Å². The summed E-state index contributed by atoms with van der Waals surface area (Å²) in [5.41, 5.74) is 2.24. The van der Waals surface area contributed by atoms with Crippen LogP contribution in [0.1, 0.15) is 37.3 Å². The van der Waals surface area contributed by atoms with Gasteiger partial charge in [-0.3, -0.25) is 0 Å². The third-order valence-corrected chi connectivity index (χ3v) is 4.65. The smallest absolute Gasteiger partial charge is 0.125 e. The summed E-state index contributed by atoms with van der Waals surface area (Å²) in [4.78, 5) is 0. The highest BCUT2D eigenvalue weighted by molar-refractivity contribution is 5.39. The molecule has 1 aliphatic carbocycles. The summed E-state index contributed by atoms with van der Waals surface area (Å²) < 4.78 is 5.78. The van der Waals surface area contributed by atoms with Gasteiger partial charge >= 0.3 is 0 Å². The monoisotopic (exact) mass is 291 g/mol. The van der Waals surface area contributed by atoms with Crippen LogP contribution in [0.2, 0.25) is 0 Å². The van der Waals surface area contributed by atoms with Crippen molar-refractivity contribution in [2.24, 2.45) is 11.8 Å². The second-order valence-corrected chi connectivity index (χ2v) is 6.51. The highest BCUT2D eigenvalue weighted by atomic mass is 16.5. The first kappa shape index (κ1) is 16.3. The molecule has 0 aliphatic heterocycles. The third kappa shape index (κ3) is 4.72. The summed E-state index contributed by atoms with van der Waals surface area (Å²) in [6.07, 6.45) is 3.57. The number of ether oxygens (including phenoxy) is 1. The minimum absolute atomic E-state index is 0.346. The molecule has 2 N–H and O–H groups in total. The van der Waals surface area contributed by atoms with E-state index in [4.69, 9.17) is 4.74 Å². The molecule has 3 heteroatoms. The minimum atomic E-state index is -0.458. The van der Waals surface area contributed by atoms with E-state index in [9.17, 15) is 5.11 Å². The molecule has 3 unspecified atom stereocenters. The molecule has 1 aromatic carbocycles. The van der Waals surface area contributed by atoms with Crippen LogP contribution in [0.4, 0.5) is 0 Å². The zero-order chi connectivity index (χ0) is 15.2. The lowest BCUT2D eigenvalue weighted by Crippen LogP contribution is -2.34. The van der Waals surface area contributed by atoms with Crippen LogP contribution in [0, 0.1) is 25.7 Å². The summed E-state index contributed by atoms with van der Waals surface area (Å²) >= 11 is 0. The lowest BCUT2D eigenvalue weighted by Gasteiger charge is -2.19. The maximum atomic E-state index is 10.0. The Hall–Kier alpha value is -1.06. The Bertz CT molecular complexity index is 427. The second kappa shape index (κ2) is 7.81. The number of rotatable bonds is 7. The van der Waals surface area contributed by atoms with Crippen LogP contribution >= 0.6 is 0 Å². The van der Waals surface area contributed by atoms with Crippen LogP contribution in [-0.4, -0.2) is 30.9 Å². The zero-order valence-electron chi connectivity index (χ0n) is 13.6. The molecule has 1 aromatic rings.